The second-order valence-electron chi connectivity index (χ2n) is 4.02. The van der Waals surface area contributed by atoms with E-state index in [0.717, 1.165) is 5.56 Å². The molecule has 0 saturated carbocycles. The number of hydrogen-bond acceptors (Lipinski definition) is 4. The molecule has 0 aromatic heterocycles. The smallest absolute Gasteiger partial charge is 0.238 e. The third-order valence-electron chi connectivity index (χ3n) is 2.52. The summed E-state index contributed by atoms with van der Waals surface area (Å²) in [6.45, 7) is 3.28. The first kappa shape index (κ1) is 15.8. The molecule has 0 saturated heterocycles. The van der Waals surface area contributed by atoms with E-state index in [1.807, 2.05) is 6.92 Å². The molecule has 5 nitrogen and oxygen atoms in total. The number of anilines is 1. The summed E-state index contributed by atoms with van der Waals surface area (Å²) >= 11 is 6.00. The van der Waals surface area contributed by atoms with Gasteiger partial charge >= 0.3 is 0 Å². The lowest BCUT2D eigenvalue weighted by Crippen LogP contribution is -2.30. The first-order valence-electron chi connectivity index (χ1n) is 5.92. The first-order valence-corrected chi connectivity index (χ1v) is 6.30. The van der Waals surface area contributed by atoms with E-state index in [2.05, 4.69) is 10.6 Å². The van der Waals surface area contributed by atoms with E-state index in [4.69, 9.17) is 21.1 Å². The lowest BCUT2D eigenvalue weighted by molar-refractivity contribution is -0.115. The summed E-state index contributed by atoms with van der Waals surface area (Å²) in [6, 6.07) is 3.47. The van der Waals surface area contributed by atoms with Gasteiger partial charge in [0.05, 0.1) is 25.9 Å². The number of carbonyl (C=O) groups excluding carboxylic acids is 1. The van der Waals surface area contributed by atoms with Crippen molar-refractivity contribution < 1.29 is 14.3 Å². The molecule has 1 rings (SSSR count). The van der Waals surface area contributed by atoms with E-state index in [1.165, 1.54) is 7.11 Å². The van der Waals surface area contributed by atoms with Gasteiger partial charge in [0.1, 0.15) is 5.75 Å². The van der Waals surface area contributed by atoms with Gasteiger partial charge in [0.15, 0.2) is 0 Å². The van der Waals surface area contributed by atoms with Gasteiger partial charge in [-0.3, -0.25) is 4.79 Å². The summed E-state index contributed by atoms with van der Waals surface area (Å²) < 4.78 is 10.1. The summed E-state index contributed by atoms with van der Waals surface area (Å²) in [5.41, 5.74) is 1.49. The topological polar surface area (TPSA) is 59.6 Å². The van der Waals surface area contributed by atoms with Crippen LogP contribution in [0.3, 0.4) is 0 Å². The molecule has 0 spiro atoms. The zero-order chi connectivity index (χ0) is 14.3. The molecule has 0 heterocycles. The van der Waals surface area contributed by atoms with E-state index in [1.54, 1.807) is 19.2 Å². The van der Waals surface area contributed by atoms with E-state index in [0.29, 0.717) is 29.6 Å². The number of ether oxygens (including phenoxy) is 2. The second kappa shape index (κ2) is 7.99. The Morgan fingerprint density at radius 2 is 2.11 bits per heavy atom. The fourth-order valence-electron chi connectivity index (χ4n) is 1.50. The van der Waals surface area contributed by atoms with E-state index >= 15 is 0 Å². The fourth-order valence-corrected chi connectivity index (χ4v) is 1.65. The first-order chi connectivity index (χ1) is 9.08. The van der Waals surface area contributed by atoms with Crippen LogP contribution in [0.4, 0.5) is 5.69 Å². The Kier molecular flexibility index (Phi) is 6.62. The lowest BCUT2D eigenvalue weighted by atomic mass is 10.2. The molecule has 1 aromatic rings. The number of benzene rings is 1. The van der Waals surface area contributed by atoms with Crippen LogP contribution in [0.2, 0.25) is 5.02 Å². The number of nitrogens with one attached hydrogen (secondary N) is 2. The van der Waals surface area contributed by atoms with Crippen molar-refractivity contribution in [3.63, 3.8) is 0 Å². The zero-order valence-corrected chi connectivity index (χ0v) is 12.1. The second-order valence-corrected chi connectivity index (χ2v) is 4.43. The minimum atomic E-state index is -0.142. The highest BCUT2D eigenvalue weighted by molar-refractivity contribution is 6.31. The molecule has 0 radical (unpaired) electrons. The Balaban J connectivity index is 2.60. The maximum Gasteiger partial charge on any atom is 0.238 e. The molecule has 0 aliphatic rings. The number of aryl methyl sites for hydroxylation is 1. The number of hydrogen-bond donors (Lipinski definition) is 2. The normalized spacial score (nSPS) is 10.3. The quantitative estimate of drug-likeness (QED) is 0.751. The predicted molar refractivity (Wildman–Crippen MR) is 76.1 cm³/mol. The minimum absolute atomic E-state index is 0.142. The average molecular weight is 287 g/mol. The van der Waals surface area contributed by atoms with Crippen LogP contribution >= 0.6 is 11.6 Å². The maximum absolute atomic E-state index is 11.7. The lowest BCUT2D eigenvalue weighted by Gasteiger charge is -2.12. The van der Waals surface area contributed by atoms with Gasteiger partial charge in [-0.1, -0.05) is 11.6 Å². The fraction of sp³-hybridized carbons (Fsp3) is 0.462. The van der Waals surface area contributed by atoms with Crippen LogP contribution in [0.5, 0.6) is 5.75 Å². The molecule has 0 fully saturated rings. The monoisotopic (exact) mass is 286 g/mol. The van der Waals surface area contributed by atoms with Crippen molar-refractivity contribution in [3.8, 4) is 5.75 Å². The summed E-state index contributed by atoms with van der Waals surface area (Å²) in [6.07, 6.45) is 0. The molecule has 0 bridgehead atoms. The summed E-state index contributed by atoms with van der Waals surface area (Å²) in [7, 11) is 3.15. The maximum atomic E-state index is 11.7. The van der Waals surface area contributed by atoms with Gasteiger partial charge < -0.3 is 20.1 Å². The largest absolute Gasteiger partial charge is 0.495 e. The number of carbonyl (C=O) groups is 1. The zero-order valence-electron chi connectivity index (χ0n) is 11.4. The van der Waals surface area contributed by atoms with Crippen LogP contribution in [0.25, 0.3) is 0 Å². The molecule has 2 N–H and O–H groups in total. The number of halogens is 1. The van der Waals surface area contributed by atoms with Crippen LogP contribution in [-0.2, 0) is 9.53 Å². The molecule has 0 aliphatic heterocycles. The van der Waals surface area contributed by atoms with Crippen LogP contribution in [0.15, 0.2) is 12.1 Å². The summed E-state index contributed by atoms with van der Waals surface area (Å²) in [4.78, 5) is 11.7. The van der Waals surface area contributed by atoms with Gasteiger partial charge in [-0.25, -0.2) is 0 Å². The van der Waals surface area contributed by atoms with Crippen molar-refractivity contribution in [1.82, 2.24) is 5.32 Å². The van der Waals surface area contributed by atoms with Crippen LogP contribution in [0, 0.1) is 6.92 Å². The number of amides is 1. The van der Waals surface area contributed by atoms with E-state index in [-0.39, 0.29) is 12.5 Å². The van der Waals surface area contributed by atoms with Gasteiger partial charge in [0, 0.05) is 24.7 Å². The molecule has 1 aromatic carbocycles. The Labute approximate surface area is 118 Å². The number of rotatable bonds is 7. The predicted octanol–water partition coefficient (Wildman–Crippen LogP) is 1.83. The van der Waals surface area contributed by atoms with Crippen molar-refractivity contribution in [1.29, 1.82) is 0 Å². The standard InChI is InChI=1S/C13H19ClN2O3/c1-9-6-11(12(19-3)7-10(9)14)16-13(17)8-15-4-5-18-2/h6-7,15H,4-5,8H2,1-3H3,(H,16,17). The Hall–Kier alpha value is -1.30. The highest BCUT2D eigenvalue weighted by Crippen LogP contribution is 2.30. The van der Waals surface area contributed by atoms with Crippen LogP contribution < -0.4 is 15.4 Å². The molecule has 1 amide bonds. The minimum Gasteiger partial charge on any atom is -0.495 e. The van der Waals surface area contributed by atoms with Crippen molar-refractivity contribution >= 4 is 23.2 Å². The Bertz CT molecular complexity index is 438. The molecule has 0 unspecified atom stereocenters. The average Bonchev–Trinajstić information content (AvgIpc) is 2.38. The molecule has 6 heteroatoms. The van der Waals surface area contributed by atoms with Gasteiger partial charge in [-0.05, 0) is 18.6 Å². The molecule has 0 atom stereocenters. The van der Waals surface area contributed by atoms with Gasteiger partial charge in [0.25, 0.3) is 0 Å². The third kappa shape index (κ3) is 5.06. The van der Waals surface area contributed by atoms with Gasteiger partial charge in [-0.2, -0.15) is 0 Å². The third-order valence-corrected chi connectivity index (χ3v) is 2.93. The molecule has 19 heavy (non-hydrogen) atoms. The van der Waals surface area contributed by atoms with Crippen LogP contribution in [-0.4, -0.2) is 39.8 Å². The highest BCUT2D eigenvalue weighted by atomic mass is 35.5. The van der Waals surface area contributed by atoms with Gasteiger partial charge in [0.2, 0.25) is 5.91 Å². The Morgan fingerprint density at radius 3 is 2.74 bits per heavy atom. The Morgan fingerprint density at radius 1 is 1.37 bits per heavy atom. The number of methoxy groups -OCH3 is 2. The summed E-state index contributed by atoms with van der Waals surface area (Å²) in [5.74, 6) is 0.400. The molecule has 0 aliphatic carbocycles. The van der Waals surface area contributed by atoms with Crippen molar-refractivity contribution in [2.24, 2.45) is 0 Å². The van der Waals surface area contributed by atoms with Crippen molar-refractivity contribution in [3.05, 3.63) is 22.7 Å². The highest BCUT2D eigenvalue weighted by Gasteiger charge is 2.09. The molecule has 106 valence electrons. The summed E-state index contributed by atoms with van der Waals surface area (Å²) in [5, 5.41) is 6.35. The van der Waals surface area contributed by atoms with Crippen molar-refractivity contribution in [2.75, 3.05) is 39.2 Å². The van der Waals surface area contributed by atoms with E-state index in [9.17, 15) is 4.79 Å². The SMILES string of the molecule is COCCNCC(=O)Nc1cc(C)c(Cl)cc1OC. The van der Waals surface area contributed by atoms with E-state index < -0.39 is 0 Å². The van der Waals surface area contributed by atoms with Crippen molar-refractivity contribution in [2.45, 2.75) is 6.92 Å². The molecular weight excluding hydrogens is 268 g/mol. The molecular formula is C13H19ClN2O3. The van der Waals surface area contributed by atoms with Crippen LogP contribution in [0.1, 0.15) is 5.56 Å². The van der Waals surface area contributed by atoms with Gasteiger partial charge in [-0.15, -0.1) is 0 Å².